The summed E-state index contributed by atoms with van der Waals surface area (Å²) in [7, 11) is 1.64. The van der Waals surface area contributed by atoms with Gasteiger partial charge in [-0.3, -0.25) is 0 Å². The Morgan fingerprint density at radius 3 is 2.75 bits per heavy atom. The van der Waals surface area contributed by atoms with Crippen molar-refractivity contribution in [2.45, 2.75) is 10.6 Å². The molecule has 2 rings (SSSR count). The summed E-state index contributed by atoms with van der Waals surface area (Å²) in [5.74, 6) is 0.636. The van der Waals surface area contributed by atoms with Crippen molar-refractivity contribution in [1.82, 2.24) is 0 Å². The smallest absolute Gasteiger partial charge is 0.336 e. The second-order valence-corrected chi connectivity index (χ2v) is 5.95. The highest BCUT2D eigenvalue weighted by molar-refractivity contribution is 9.10. The van der Waals surface area contributed by atoms with Gasteiger partial charge in [0.15, 0.2) is 0 Å². The maximum absolute atomic E-state index is 11.1. The lowest BCUT2D eigenvalue weighted by Crippen LogP contribution is -1.97. The molecule has 0 fully saturated rings. The van der Waals surface area contributed by atoms with Crippen molar-refractivity contribution in [1.29, 1.82) is 0 Å². The first-order chi connectivity index (χ1) is 9.61. The Balaban J connectivity index is 2.15. The van der Waals surface area contributed by atoms with Gasteiger partial charge in [0.1, 0.15) is 5.75 Å². The summed E-state index contributed by atoms with van der Waals surface area (Å²) in [6.45, 7) is 0. The fourth-order valence-electron chi connectivity index (χ4n) is 1.74. The van der Waals surface area contributed by atoms with Crippen LogP contribution < -0.4 is 4.74 Å². The number of thioether (sulfide) groups is 1. The number of hydrogen-bond donors (Lipinski definition) is 1. The molecule has 1 N–H and O–H groups in total. The van der Waals surface area contributed by atoms with E-state index in [1.807, 2.05) is 30.3 Å². The summed E-state index contributed by atoms with van der Waals surface area (Å²) in [6, 6.07) is 13.1. The van der Waals surface area contributed by atoms with Gasteiger partial charge in [0.2, 0.25) is 0 Å². The summed E-state index contributed by atoms with van der Waals surface area (Å²) < 4.78 is 5.89. The number of methoxy groups -OCH3 is 1. The van der Waals surface area contributed by atoms with E-state index in [9.17, 15) is 4.79 Å². The first-order valence-corrected chi connectivity index (χ1v) is 7.67. The zero-order valence-corrected chi connectivity index (χ0v) is 13.2. The van der Waals surface area contributed by atoms with Gasteiger partial charge in [-0.2, -0.15) is 0 Å². The maximum Gasteiger partial charge on any atom is 0.336 e. The molecular weight excluding hydrogens is 340 g/mol. The molecule has 0 radical (unpaired) electrons. The number of aromatic carboxylic acids is 1. The lowest BCUT2D eigenvalue weighted by atomic mass is 10.2. The quantitative estimate of drug-likeness (QED) is 0.807. The molecule has 0 bridgehead atoms. The van der Waals surface area contributed by atoms with Crippen molar-refractivity contribution in [3.63, 3.8) is 0 Å². The number of carboxylic acid groups (broad SMARTS) is 1. The molecule has 0 atom stereocenters. The van der Waals surface area contributed by atoms with Gasteiger partial charge in [-0.15, -0.1) is 11.8 Å². The van der Waals surface area contributed by atoms with E-state index in [1.54, 1.807) is 31.0 Å². The molecule has 0 aliphatic rings. The van der Waals surface area contributed by atoms with E-state index in [0.29, 0.717) is 4.47 Å². The topological polar surface area (TPSA) is 46.5 Å². The minimum absolute atomic E-state index is 0.273. The summed E-state index contributed by atoms with van der Waals surface area (Å²) in [4.78, 5) is 12.0. The molecule has 5 heteroatoms. The number of hydrogen-bond acceptors (Lipinski definition) is 3. The largest absolute Gasteiger partial charge is 0.496 e. The summed E-state index contributed by atoms with van der Waals surface area (Å²) >= 11 is 4.82. The first kappa shape index (κ1) is 14.9. The fourth-order valence-corrected chi connectivity index (χ4v) is 3.08. The minimum atomic E-state index is -0.934. The van der Waals surface area contributed by atoms with Gasteiger partial charge >= 0.3 is 5.97 Å². The van der Waals surface area contributed by atoms with Crippen LogP contribution in [0, 0.1) is 0 Å². The number of carboxylic acids is 1. The summed E-state index contributed by atoms with van der Waals surface area (Å²) in [5.41, 5.74) is 1.36. The van der Waals surface area contributed by atoms with Gasteiger partial charge in [-0.25, -0.2) is 4.79 Å². The van der Waals surface area contributed by atoms with Crippen LogP contribution in [0.25, 0.3) is 0 Å². The van der Waals surface area contributed by atoms with E-state index in [4.69, 9.17) is 9.84 Å². The molecule has 104 valence electrons. The average Bonchev–Trinajstić information content (AvgIpc) is 2.46. The van der Waals surface area contributed by atoms with Crippen LogP contribution in [0.5, 0.6) is 5.75 Å². The van der Waals surface area contributed by atoms with Crippen molar-refractivity contribution in [2.75, 3.05) is 7.11 Å². The Bertz CT molecular complexity index is 628. The predicted octanol–water partition coefficient (Wildman–Crippen LogP) is 4.45. The number of benzene rings is 2. The van der Waals surface area contributed by atoms with Crippen molar-refractivity contribution in [3.05, 3.63) is 58.1 Å². The van der Waals surface area contributed by atoms with Crippen molar-refractivity contribution < 1.29 is 14.6 Å². The van der Waals surface area contributed by atoms with Crippen LogP contribution in [-0.2, 0) is 5.75 Å². The number of halogens is 1. The van der Waals surface area contributed by atoms with E-state index < -0.39 is 5.97 Å². The van der Waals surface area contributed by atoms with E-state index in [2.05, 4.69) is 15.9 Å². The number of rotatable bonds is 5. The van der Waals surface area contributed by atoms with Crippen LogP contribution in [0.2, 0.25) is 0 Å². The molecule has 0 spiro atoms. The van der Waals surface area contributed by atoms with Crippen LogP contribution in [0.3, 0.4) is 0 Å². The standard InChI is InChI=1S/C15H13BrO3S/c1-19-14-5-3-2-4-10(14)9-20-11-6-7-13(16)12(8-11)15(17)18/h2-8H,9H2,1H3,(H,17,18). The number of carbonyl (C=O) groups is 1. The Kier molecular flexibility index (Phi) is 5.09. The Hall–Kier alpha value is -1.46. The molecule has 0 aliphatic heterocycles. The Morgan fingerprint density at radius 2 is 2.05 bits per heavy atom. The van der Waals surface area contributed by atoms with Gasteiger partial charge in [0.25, 0.3) is 0 Å². The zero-order chi connectivity index (χ0) is 14.5. The van der Waals surface area contributed by atoms with Gasteiger partial charge < -0.3 is 9.84 Å². The molecule has 3 nitrogen and oxygen atoms in total. The number of ether oxygens (including phenoxy) is 1. The SMILES string of the molecule is COc1ccccc1CSc1ccc(Br)c(C(=O)O)c1. The van der Waals surface area contributed by atoms with Crippen LogP contribution in [0.1, 0.15) is 15.9 Å². The molecule has 0 aliphatic carbocycles. The van der Waals surface area contributed by atoms with Gasteiger partial charge in [0, 0.05) is 20.7 Å². The molecule has 0 aromatic heterocycles. The van der Waals surface area contributed by atoms with Crippen LogP contribution in [-0.4, -0.2) is 18.2 Å². The van der Waals surface area contributed by atoms with Crippen LogP contribution in [0.15, 0.2) is 51.8 Å². The van der Waals surface area contributed by atoms with E-state index >= 15 is 0 Å². The molecule has 0 unspecified atom stereocenters. The van der Waals surface area contributed by atoms with Gasteiger partial charge in [-0.05, 0) is 40.2 Å². The Morgan fingerprint density at radius 1 is 1.30 bits per heavy atom. The molecule has 2 aromatic rings. The summed E-state index contributed by atoms with van der Waals surface area (Å²) in [6.07, 6.45) is 0. The first-order valence-electron chi connectivity index (χ1n) is 5.89. The van der Waals surface area contributed by atoms with E-state index in [-0.39, 0.29) is 5.56 Å². The molecule has 0 amide bonds. The molecule has 0 saturated heterocycles. The van der Waals surface area contributed by atoms with E-state index in [0.717, 1.165) is 22.0 Å². The fraction of sp³-hybridized carbons (Fsp3) is 0.133. The third-order valence-electron chi connectivity index (χ3n) is 2.76. The normalized spacial score (nSPS) is 10.3. The molecular formula is C15H13BrO3S. The third kappa shape index (κ3) is 3.55. The monoisotopic (exact) mass is 352 g/mol. The molecule has 0 saturated carbocycles. The highest BCUT2D eigenvalue weighted by Crippen LogP contribution is 2.30. The highest BCUT2D eigenvalue weighted by atomic mass is 79.9. The molecule has 20 heavy (non-hydrogen) atoms. The lowest BCUT2D eigenvalue weighted by Gasteiger charge is -2.08. The highest BCUT2D eigenvalue weighted by Gasteiger charge is 2.10. The molecule has 2 aromatic carbocycles. The maximum atomic E-state index is 11.1. The van der Waals surface area contributed by atoms with Crippen molar-refractivity contribution >= 4 is 33.7 Å². The third-order valence-corrected chi connectivity index (χ3v) is 4.49. The number of para-hydroxylation sites is 1. The second kappa shape index (κ2) is 6.81. The Labute approximate surface area is 130 Å². The summed E-state index contributed by atoms with van der Waals surface area (Å²) in [5, 5.41) is 9.10. The second-order valence-electron chi connectivity index (χ2n) is 4.05. The predicted molar refractivity (Wildman–Crippen MR) is 83.7 cm³/mol. The van der Waals surface area contributed by atoms with Crippen LogP contribution >= 0.6 is 27.7 Å². The van der Waals surface area contributed by atoms with Gasteiger partial charge in [-0.1, -0.05) is 18.2 Å². The minimum Gasteiger partial charge on any atom is -0.496 e. The van der Waals surface area contributed by atoms with Crippen LogP contribution in [0.4, 0.5) is 0 Å². The van der Waals surface area contributed by atoms with Gasteiger partial charge in [0.05, 0.1) is 12.7 Å². The lowest BCUT2D eigenvalue weighted by molar-refractivity contribution is 0.0695. The average molecular weight is 353 g/mol. The van der Waals surface area contributed by atoms with E-state index in [1.165, 1.54) is 0 Å². The zero-order valence-electron chi connectivity index (χ0n) is 10.8. The van der Waals surface area contributed by atoms with Crippen molar-refractivity contribution in [3.8, 4) is 5.75 Å². The molecule has 0 heterocycles. The van der Waals surface area contributed by atoms with Crippen molar-refractivity contribution in [2.24, 2.45) is 0 Å².